The van der Waals surface area contributed by atoms with Crippen molar-refractivity contribution in [2.45, 2.75) is 13.5 Å². The zero-order chi connectivity index (χ0) is 15.3. The molecule has 4 aromatic rings. The number of benzene rings is 2. The molecule has 0 aliphatic carbocycles. The van der Waals surface area contributed by atoms with Gasteiger partial charge in [0.2, 0.25) is 0 Å². The number of halogens is 2. The number of aryl methyl sites for hydroxylation is 1. The highest BCUT2D eigenvalue weighted by Crippen LogP contribution is 2.34. The van der Waals surface area contributed by atoms with Gasteiger partial charge in [-0.2, -0.15) is 0 Å². The van der Waals surface area contributed by atoms with E-state index in [-0.39, 0.29) is 5.82 Å². The molecule has 0 spiro atoms. The molecule has 5 heteroatoms. The number of nitrogens with zero attached hydrogens (tertiary/aromatic N) is 2. The average molecular weight is 331 g/mol. The Kier molecular flexibility index (Phi) is 3.17. The Morgan fingerprint density at radius 3 is 2.73 bits per heavy atom. The molecule has 0 fully saturated rings. The molecular formula is C17H12ClFN2S. The van der Waals surface area contributed by atoms with Gasteiger partial charge in [0.1, 0.15) is 16.2 Å². The van der Waals surface area contributed by atoms with Crippen LogP contribution in [0.25, 0.3) is 21.3 Å². The van der Waals surface area contributed by atoms with Gasteiger partial charge in [-0.25, -0.2) is 9.37 Å². The molecule has 0 N–H and O–H groups in total. The second-order valence-corrected chi connectivity index (χ2v) is 6.88. The van der Waals surface area contributed by atoms with Crippen molar-refractivity contribution in [3.8, 4) is 0 Å². The second kappa shape index (κ2) is 5.07. The lowest BCUT2D eigenvalue weighted by Gasteiger charge is -2.06. The van der Waals surface area contributed by atoms with Gasteiger partial charge in [0.15, 0.2) is 0 Å². The SMILES string of the molecule is Cc1nc2c3cc(Cl)ccc3n(Cc3ccc(F)cc3)c2s1. The quantitative estimate of drug-likeness (QED) is 0.481. The lowest BCUT2D eigenvalue weighted by Crippen LogP contribution is -1.98. The summed E-state index contributed by atoms with van der Waals surface area (Å²) in [5.41, 5.74) is 3.14. The maximum Gasteiger partial charge on any atom is 0.124 e. The minimum atomic E-state index is -0.216. The predicted molar refractivity (Wildman–Crippen MR) is 90.4 cm³/mol. The van der Waals surface area contributed by atoms with Crippen LogP contribution in [-0.4, -0.2) is 9.55 Å². The van der Waals surface area contributed by atoms with E-state index in [0.29, 0.717) is 11.6 Å². The van der Waals surface area contributed by atoms with E-state index in [2.05, 4.69) is 9.55 Å². The highest BCUT2D eigenvalue weighted by molar-refractivity contribution is 7.18. The molecule has 0 saturated carbocycles. The van der Waals surface area contributed by atoms with Crippen LogP contribution in [0.1, 0.15) is 10.6 Å². The normalized spacial score (nSPS) is 11.6. The smallest absolute Gasteiger partial charge is 0.124 e. The van der Waals surface area contributed by atoms with Crippen LogP contribution < -0.4 is 0 Å². The summed E-state index contributed by atoms with van der Waals surface area (Å²) < 4.78 is 15.3. The summed E-state index contributed by atoms with van der Waals surface area (Å²) in [6.07, 6.45) is 0. The van der Waals surface area contributed by atoms with Gasteiger partial charge < -0.3 is 4.57 Å². The minimum absolute atomic E-state index is 0.216. The lowest BCUT2D eigenvalue weighted by atomic mass is 10.2. The van der Waals surface area contributed by atoms with E-state index in [0.717, 1.165) is 31.8 Å². The van der Waals surface area contributed by atoms with Crippen molar-refractivity contribution in [2.75, 3.05) is 0 Å². The number of hydrogen-bond acceptors (Lipinski definition) is 2. The molecule has 0 bridgehead atoms. The Labute approximate surface area is 135 Å². The third kappa shape index (κ3) is 2.19. The molecule has 0 amide bonds. The summed E-state index contributed by atoms with van der Waals surface area (Å²) in [5, 5.41) is 2.80. The van der Waals surface area contributed by atoms with Crippen LogP contribution in [0.2, 0.25) is 5.02 Å². The largest absolute Gasteiger partial charge is 0.326 e. The molecule has 110 valence electrons. The molecule has 22 heavy (non-hydrogen) atoms. The average Bonchev–Trinajstić information content (AvgIpc) is 2.99. The van der Waals surface area contributed by atoms with Crippen molar-refractivity contribution in [3.05, 3.63) is 63.9 Å². The van der Waals surface area contributed by atoms with E-state index < -0.39 is 0 Å². The van der Waals surface area contributed by atoms with E-state index in [1.54, 1.807) is 11.3 Å². The number of hydrogen-bond donors (Lipinski definition) is 0. The highest BCUT2D eigenvalue weighted by atomic mass is 35.5. The standard InChI is InChI=1S/C17H12ClFN2S/c1-10-20-16-14-8-12(18)4-7-15(14)21(17(16)22-10)9-11-2-5-13(19)6-3-11/h2-8H,9H2,1H3. The molecule has 0 radical (unpaired) electrons. The van der Waals surface area contributed by atoms with Crippen LogP contribution in [0.4, 0.5) is 4.39 Å². The molecule has 0 unspecified atom stereocenters. The van der Waals surface area contributed by atoms with Crippen molar-refractivity contribution < 1.29 is 4.39 Å². The van der Waals surface area contributed by atoms with Crippen LogP contribution in [0.3, 0.4) is 0 Å². The van der Waals surface area contributed by atoms with Crippen molar-refractivity contribution in [1.82, 2.24) is 9.55 Å². The lowest BCUT2D eigenvalue weighted by molar-refractivity contribution is 0.626. The highest BCUT2D eigenvalue weighted by Gasteiger charge is 2.15. The molecule has 2 heterocycles. The fourth-order valence-electron chi connectivity index (χ4n) is 2.75. The Morgan fingerprint density at radius 2 is 1.95 bits per heavy atom. The summed E-state index contributed by atoms with van der Waals surface area (Å²) in [6, 6.07) is 12.5. The van der Waals surface area contributed by atoms with Crippen molar-refractivity contribution in [2.24, 2.45) is 0 Å². The predicted octanol–water partition coefficient (Wildman–Crippen LogP) is 5.40. The molecule has 2 nitrogen and oxygen atoms in total. The van der Waals surface area contributed by atoms with E-state index in [1.165, 1.54) is 12.1 Å². The van der Waals surface area contributed by atoms with Gasteiger partial charge in [0.25, 0.3) is 0 Å². The minimum Gasteiger partial charge on any atom is -0.326 e. The molecule has 2 aromatic heterocycles. The van der Waals surface area contributed by atoms with Gasteiger partial charge in [0.05, 0.1) is 10.5 Å². The number of rotatable bonds is 2. The van der Waals surface area contributed by atoms with Crippen molar-refractivity contribution >= 4 is 44.2 Å². The third-order valence-corrected chi connectivity index (χ3v) is 4.95. The molecule has 4 rings (SSSR count). The molecular weight excluding hydrogens is 319 g/mol. The fourth-order valence-corrected chi connectivity index (χ4v) is 3.86. The number of thiazole rings is 1. The molecule has 2 aromatic carbocycles. The van der Waals surface area contributed by atoms with Crippen LogP contribution in [0.5, 0.6) is 0 Å². The zero-order valence-electron chi connectivity index (χ0n) is 11.8. The topological polar surface area (TPSA) is 17.8 Å². The van der Waals surface area contributed by atoms with E-state index >= 15 is 0 Å². The molecule has 0 saturated heterocycles. The first-order chi connectivity index (χ1) is 10.6. The Balaban J connectivity index is 1.95. The van der Waals surface area contributed by atoms with Gasteiger partial charge in [-0.05, 0) is 42.8 Å². The first kappa shape index (κ1) is 13.7. The maximum atomic E-state index is 13.1. The monoisotopic (exact) mass is 330 g/mol. The molecule has 0 atom stereocenters. The molecule has 0 aliphatic rings. The number of aromatic nitrogens is 2. The van der Waals surface area contributed by atoms with Crippen molar-refractivity contribution in [1.29, 1.82) is 0 Å². The summed E-state index contributed by atoms with van der Waals surface area (Å²) in [7, 11) is 0. The Bertz CT molecular complexity index is 985. The Morgan fingerprint density at radius 1 is 1.18 bits per heavy atom. The van der Waals surface area contributed by atoms with Gasteiger partial charge >= 0.3 is 0 Å². The van der Waals surface area contributed by atoms with Crippen LogP contribution >= 0.6 is 22.9 Å². The molecule has 0 aliphatic heterocycles. The van der Waals surface area contributed by atoms with Crippen LogP contribution in [0, 0.1) is 12.7 Å². The van der Waals surface area contributed by atoms with Gasteiger partial charge in [-0.15, -0.1) is 11.3 Å². The first-order valence-corrected chi connectivity index (χ1v) is 8.10. The van der Waals surface area contributed by atoms with Crippen LogP contribution in [0.15, 0.2) is 42.5 Å². The second-order valence-electron chi connectivity index (χ2n) is 5.26. The van der Waals surface area contributed by atoms with Crippen molar-refractivity contribution in [3.63, 3.8) is 0 Å². The maximum absolute atomic E-state index is 13.1. The third-order valence-electron chi connectivity index (χ3n) is 3.72. The summed E-state index contributed by atoms with van der Waals surface area (Å²) in [5.74, 6) is -0.216. The Hall–Kier alpha value is -1.91. The zero-order valence-corrected chi connectivity index (χ0v) is 13.4. The van der Waals surface area contributed by atoms with Gasteiger partial charge in [0, 0.05) is 17.0 Å². The van der Waals surface area contributed by atoms with Crippen LogP contribution in [-0.2, 0) is 6.54 Å². The summed E-state index contributed by atoms with van der Waals surface area (Å²) in [6.45, 7) is 2.69. The van der Waals surface area contributed by atoms with Gasteiger partial charge in [-0.1, -0.05) is 23.7 Å². The summed E-state index contributed by atoms with van der Waals surface area (Å²) >= 11 is 7.80. The van der Waals surface area contributed by atoms with E-state index in [1.807, 2.05) is 37.3 Å². The van der Waals surface area contributed by atoms with Gasteiger partial charge in [-0.3, -0.25) is 0 Å². The number of fused-ring (bicyclic) bond motifs is 3. The first-order valence-electron chi connectivity index (χ1n) is 6.91. The fraction of sp³-hybridized carbons (Fsp3) is 0.118. The van der Waals surface area contributed by atoms with E-state index in [9.17, 15) is 4.39 Å². The summed E-state index contributed by atoms with van der Waals surface area (Å²) in [4.78, 5) is 5.76. The van der Waals surface area contributed by atoms with E-state index in [4.69, 9.17) is 11.6 Å².